The Morgan fingerprint density at radius 2 is 1.72 bits per heavy atom. The van der Waals surface area contributed by atoms with Gasteiger partial charge in [0.25, 0.3) is 0 Å². The Kier molecular flexibility index (Phi) is 6.47. The smallest absolute Gasteiger partial charge is 0.318 e. The minimum atomic E-state index is -1.72. The van der Waals surface area contributed by atoms with Crippen molar-refractivity contribution in [3.8, 4) is 0 Å². The molecule has 0 bridgehead atoms. The highest BCUT2D eigenvalue weighted by atomic mass is 19.1. The monoisotopic (exact) mass is 434 g/mol. The zero-order valence-corrected chi connectivity index (χ0v) is 18.5. The number of urea groups is 1. The largest absolute Gasteiger partial charge is 0.396 e. The molecule has 2 atom stereocenters. The second-order valence-electron chi connectivity index (χ2n) is 8.81. The lowest BCUT2D eigenvalue weighted by atomic mass is 9.80. The van der Waals surface area contributed by atoms with E-state index in [1.165, 1.54) is 0 Å². The van der Waals surface area contributed by atoms with E-state index in [-0.39, 0.29) is 18.6 Å². The maximum Gasteiger partial charge on any atom is 0.318 e. The molecule has 1 saturated heterocycles. The number of nitrogens with zero attached hydrogens (tertiary/aromatic N) is 1. The van der Waals surface area contributed by atoms with Gasteiger partial charge in [-0.05, 0) is 49.5 Å². The normalized spacial score (nSPS) is 28.4. The number of hydrogen-bond acceptors (Lipinski definition) is 2. The average Bonchev–Trinajstić information content (AvgIpc) is 2.84. The molecule has 2 amide bonds. The molecule has 1 fully saturated rings. The summed E-state index contributed by atoms with van der Waals surface area (Å²) in [6.07, 6.45) is 8.82. The third kappa shape index (κ3) is 4.35. The summed E-state index contributed by atoms with van der Waals surface area (Å²) in [6, 6.07) is 18.9. The maximum atomic E-state index is 15.9. The van der Waals surface area contributed by atoms with Crippen molar-refractivity contribution in [2.24, 2.45) is 0 Å². The number of rotatable bonds is 7. The number of halogens is 1. The highest BCUT2D eigenvalue weighted by molar-refractivity contribution is 5.77. The van der Waals surface area contributed by atoms with Gasteiger partial charge >= 0.3 is 6.03 Å². The molecular formula is C27H31FN2O2. The van der Waals surface area contributed by atoms with Gasteiger partial charge in [0.2, 0.25) is 0 Å². The standard InChI is InChI=1S/C27H31FN2O2/c1-21(26(28)16-13-23(14-17-26)22-9-4-2-5-10-22)30-19-18-27(15-8-20-31,29-25(30)32)24-11-6-3-7-12-24/h2-7,9-14,16-17,21,23,31H,8,15,18-20H2,1H3,(H,29,32). The zero-order chi connectivity index (χ0) is 22.6. The van der Waals surface area contributed by atoms with Crippen molar-refractivity contribution < 1.29 is 14.3 Å². The Labute approximate surface area is 189 Å². The molecule has 0 spiro atoms. The van der Waals surface area contributed by atoms with Crippen LogP contribution in [0.25, 0.3) is 0 Å². The first-order valence-electron chi connectivity index (χ1n) is 11.4. The highest BCUT2D eigenvalue weighted by Crippen LogP contribution is 2.37. The molecule has 1 aliphatic carbocycles. The fraction of sp³-hybridized carbons (Fsp3) is 0.370. The van der Waals surface area contributed by atoms with Gasteiger partial charge in [-0.3, -0.25) is 0 Å². The van der Waals surface area contributed by atoms with Crippen molar-refractivity contribution in [1.29, 1.82) is 0 Å². The zero-order valence-electron chi connectivity index (χ0n) is 18.5. The van der Waals surface area contributed by atoms with E-state index in [2.05, 4.69) is 5.32 Å². The fourth-order valence-corrected chi connectivity index (χ4v) is 4.84. The quantitative estimate of drug-likeness (QED) is 0.598. The number of benzene rings is 2. The Bertz CT molecular complexity index is 962. The minimum Gasteiger partial charge on any atom is -0.396 e. The first-order valence-corrected chi connectivity index (χ1v) is 11.4. The lowest BCUT2D eigenvalue weighted by Gasteiger charge is -2.47. The molecule has 0 radical (unpaired) electrons. The van der Waals surface area contributed by atoms with Crippen LogP contribution in [0.5, 0.6) is 0 Å². The summed E-state index contributed by atoms with van der Waals surface area (Å²) in [6.45, 7) is 2.28. The van der Waals surface area contributed by atoms with Gasteiger partial charge in [0.15, 0.2) is 5.67 Å². The molecule has 4 nitrogen and oxygen atoms in total. The van der Waals surface area contributed by atoms with Crippen LogP contribution in [0.15, 0.2) is 85.0 Å². The third-order valence-electron chi connectivity index (χ3n) is 6.88. The number of allylic oxidation sites excluding steroid dienone is 2. The van der Waals surface area contributed by atoms with Crippen molar-refractivity contribution >= 4 is 6.03 Å². The lowest BCUT2D eigenvalue weighted by Crippen LogP contribution is -2.62. The molecule has 1 aliphatic heterocycles. The first-order chi connectivity index (χ1) is 15.5. The van der Waals surface area contributed by atoms with Crippen molar-refractivity contribution in [3.63, 3.8) is 0 Å². The SMILES string of the molecule is CC(N1CCC(CCCO)(c2ccccc2)NC1=O)C1(F)C=CC(c2ccccc2)C=C1. The van der Waals surface area contributed by atoms with Crippen molar-refractivity contribution in [2.45, 2.75) is 49.4 Å². The van der Waals surface area contributed by atoms with E-state index in [9.17, 15) is 9.90 Å². The van der Waals surface area contributed by atoms with Crippen LogP contribution in [0.2, 0.25) is 0 Å². The van der Waals surface area contributed by atoms with Gasteiger partial charge in [0.1, 0.15) is 0 Å². The number of amides is 2. The van der Waals surface area contributed by atoms with Crippen LogP contribution in [0, 0.1) is 0 Å². The van der Waals surface area contributed by atoms with Gasteiger partial charge in [0.05, 0.1) is 11.6 Å². The number of aliphatic hydroxyl groups is 1. The number of nitrogens with one attached hydrogen (secondary N) is 1. The summed E-state index contributed by atoms with van der Waals surface area (Å²) in [5.41, 5.74) is -0.132. The molecule has 168 valence electrons. The minimum absolute atomic E-state index is 0.0340. The highest BCUT2D eigenvalue weighted by Gasteiger charge is 2.45. The van der Waals surface area contributed by atoms with Crippen molar-refractivity contribution in [3.05, 3.63) is 96.1 Å². The van der Waals surface area contributed by atoms with E-state index in [0.29, 0.717) is 25.8 Å². The van der Waals surface area contributed by atoms with Crippen molar-refractivity contribution in [2.75, 3.05) is 13.2 Å². The van der Waals surface area contributed by atoms with Crippen LogP contribution in [-0.2, 0) is 5.54 Å². The molecule has 1 heterocycles. The van der Waals surface area contributed by atoms with E-state index in [4.69, 9.17) is 0 Å². The summed E-state index contributed by atoms with van der Waals surface area (Å²) in [4.78, 5) is 14.8. The Balaban J connectivity index is 1.49. The van der Waals surface area contributed by atoms with Gasteiger partial charge in [0, 0.05) is 19.1 Å². The first kappa shape index (κ1) is 22.3. The van der Waals surface area contributed by atoms with Crippen LogP contribution in [0.3, 0.4) is 0 Å². The Morgan fingerprint density at radius 1 is 1.09 bits per heavy atom. The van der Waals surface area contributed by atoms with E-state index in [0.717, 1.165) is 11.1 Å². The van der Waals surface area contributed by atoms with E-state index in [1.807, 2.05) is 72.8 Å². The second-order valence-corrected chi connectivity index (χ2v) is 8.81. The molecule has 2 unspecified atom stereocenters. The van der Waals surface area contributed by atoms with Crippen LogP contribution in [0.1, 0.15) is 43.2 Å². The van der Waals surface area contributed by atoms with E-state index >= 15 is 4.39 Å². The summed E-state index contributed by atoms with van der Waals surface area (Å²) < 4.78 is 15.9. The summed E-state index contributed by atoms with van der Waals surface area (Å²) >= 11 is 0. The second kappa shape index (κ2) is 9.29. The fourth-order valence-electron chi connectivity index (χ4n) is 4.84. The van der Waals surface area contributed by atoms with E-state index < -0.39 is 17.2 Å². The number of alkyl halides is 1. The predicted octanol–water partition coefficient (Wildman–Crippen LogP) is 5.08. The molecule has 2 aromatic carbocycles. The third-order valence-corrected chi connectivity index (χ3v) is 6.88. The average molecular weight is 435 g/mol. The van der Waals surface area contributed by atoms with Crippen LogP contribution < -0.4 is 5.32 Å². The Morgan fingerprint density at radius 3 is 2.31 bits per heavy atom. The topological polar surface area (TPSA) is 52.6 Å². The summed E-state index contributed by atoms with van der Waals surface area (Å²) in [5.74, 6) is 0.0340. The van der Waals surface area contributed by atoms with Crippen LogP contribution in [-0.4, -0.2) is 40.9 Å². The molecule has 32 heavy (non-hydrogen) atoms. The molecule has 2 N–H and O–H groups in total. The maximum absolute atomic E-state index is 15.9. The summed E-state index contributed by atoms with van der Waals surface area (Å²) in [7, 11) is 0. The van der Waals surface area contributed by atoms with Gasteiger partial charge in [-0.15, -0.1) is 0 Å². The lowest BCUT2D eigenvalue weighted by molar-refractivity contribution is 0.0762. The predicted molar refractivity (Wildman–Crippen MR) is 125 cm³/mol. The molecule has 2 aromatic rings. The van der Waals surface area contributed by atoms with Crippen LogP contribution >= 0.6 is 0 Å². The molecule has 2 aliphatic rings. The van der Waals surface area contributed by atoms with Gasteiger partial charge < -0.3 is 15.3 Å². The van der Waals surface area contributed by atoms with Gasteiger partial charge in [-0.2, -0.15) is 0 Å². The number of carbonyl (C=O) groups excluding carboxylic acids is 1. The van der Waals surface area contributed by atoms with Crippen LogP contribution in [0.4, 0.5) is 9.18 Å². The number of aliphatic hydroxyl groups excluding tert-OH is 1. The molecule has 4 rings (SSSR count). The molecule has 0 saturated carbocycles. The van der Waals surface area contributed by atoms with Gasteiger partial charge in [-0.25, -0.2) is 9.18 Å². The molecular weight excluding hydrogens is 403 g/mol. The number of hydrogen-bond donors (Lipinski definition) is 2. The number of carbonyl (C=O) groups is 1. The Hall–Kier alpha value is -2.92. The summed E-state index contributed by atoms with van der Waals surface area (Å²) in [5, 5.41) is 12.5. The van der Waals surface area contributed by atoms with E-state index in [1.54, 1.807) is 24.0 Å². The van der Waals surface area contributed by atoms with Crippen molar-refractivity contribution in [1.82, 2.24) is 10.2 Å². The molecule has 5 heteroatoms. The van der Waals surface area contributed by atoms with Gasteiger partial charge in [-0.1, -0.05) is 72.8 Å². The molecule has 0 aromatic heterocycles.